The smallest absolute Gasteiger partial charge is 0.415 e. The van der Waals surface area contributed by atoms with Crippen molar-refractivity contribution < 1.29 is 23.1 Å². The minimum atomic E-state index is -3.53. The molecule has 36 heavy (non-hydrogen) atoms. The molecule has 5 saturated carbocycles. The van der Waals surface area contributed by atoms with Crippen molar-refractivity contribution in [3.05, 3.63) is 11.4 Å². The molecule has 0 heterocycles. The largest absolute Gasteiger partial charge is 0.463 e. The number of ether oxygens (including phenoxy) is 1. The van der Waals surface area contributed by atoms with Crippen molar-refractivity contribution in [2.24, 2.45) is 40.4 Å². The molecule has 9 atom stereocenters. The third-order valence-corrected chi connectivity index (χ3v) is 14.4. The van der Waals surface area contributed by atoms with E-state index in [0.29, 0.717) is 61.1 Å². The van der Waals surface area contributed by atoms with Crippen LogP contribution in [0.1, 0.15) is 105 Å². The number of hydrogen-bond donors (Lipinski definition) is 0. The standard InChI is InChI=1S/C29H46NO5P/c1-6-33-36(32,34-7-2)29(30-5)17-12-21-9-11-26-24-10-8-22-18-23(35-20(3)31)13-15-27(22,4)25(24)14-16-28(21,26)19-29/h21-26H,6-19H2,1-4H3/t21-,22+,23-,24?,25?,26?,27+,28+,29?/m1/s1. The van der Waals surface area contributed by atoms with Gasteiger partial charge >= 0.3 is 18.8 Å². The van der Waals surface area contributed by atoms with E-state index in [0.717, 1.165) is 32.1 Å². The molecule has 0 amide bonds. The van der Waals surface area contributed by atoms with Crippen molar-refractivity contribution >= 4 is 13.6 Å². The van der Waals surface area contributed by atoms with Gasteiger partial charge in [-0.15, -0.1) is 0 Å². The summed E-state index contributed by atoms with van der Waals surface area (Å²) >= 11 is 0. The van der Waals surface area contributed by atoms with Gasteiger partial charge in [0.15, 0.2) is 0 Å². The Kier molecular flexibility index (Phi) is 7.19. The maximum Gasteiger partial charge on any atom is 0.415 e. The average Bonchev–Trinajstić information content (AvgIpc) is 3.23. The average molecular weight is 520 g/mol. The zero-order valence-corrected chi connectivity index (χ0v) is 23.7. The fraction of sp³-hybridized carbons (Fsp3) is 0.931. The highest BCUT2D eigenvalue weighted by molar-refractivity contribution is 7.55. The molecule has 0 saturated heterocycles. The van der Waals surface area contributed by atoms with Crippen LogP contribution in [0.15, 0.2) is 0 Å². The molecular formula is C29H46NO5P. The normalized spacial score (nSPS) is 46.0. The second-order valence-electron chi connectivity index (χ2n) is 12.9. The summed E-state index contributed by atoms with van der Waals surface area (Å²) in [4.78, 5) is 15.7. The highest BCUT2D eigenvalue weighted by Crippen LogP contribution is 2.76. The van der Waals surface area contributed by atoms with Gasteiger partial charge in [0.05, 0.1) is 13.2 Å². The molecule has 4 unspecified atom stereocenters. The van der Waals surface area contributed by atoms with Crippen molar-refractivity contribution in [2.45, 2.75) is 116 Å². The lowest BCUT2D eigenvalue weighted by atomic mass is 9.43. The van der Waals surface area contributed by atoms with Gasteiger partial charge in [-0.1, -0.05) is 6.92 Å². The Morgan fingerprint density at radius 3 is 2.33 bits per heavy atom. The van der Waals surface area contributed by atoms with Gasteiger partial charge in [-0.25, -0.2) is 6.57 Å². The molecule has 6 nitrogen and oxygen atoms in total. The Morgan fingerprint density at radius 1 is 0.944 bits per heavy atom. The van der Waals surface area contributed by atoms with Crippen molar-refractivity contribution in [2.75, 3.05) is 13.2 Å². The van der Waals surface area contributed by atoms with E-state index in [4.69, 9.17) is 20.4 Å². The van der Waals surface area contributed by atoms with Crippen molar-refractivity contribution in [1.29, 1.82) is 0 Å². The number of hydrogen-bond acceptors (Lipinski definition) is 5. The van der Waals surface area contributed by atoms with Gasteiger partial charge in [0.2, 0.25) is 0 Å². The van der Waals surface area contributed by atoms with E-state index in [1.54, 1.807) is 0 Å². The number of carbonyl (C=O) groups is 1. The summed E-state index contributed by atoms with van der Waals surface area (Å²) in [5, 5.41) is -1.03. The minimum Gasteiger partial charge on any atom is -0.463 e. The molecule has 0 aliphatic heterocycles. The maximum absolute atomic E-state index is 14.1. The van der Waals surface area contributed by atoms with Gasteiger partial charge in [-0.3, -0.25) is 14.2 Å². The fourth-order valence-electron chi connectivity index (χ4n) is 10.3. The molecule has 202 valence electrons. The number of nitrogens with zero attached hydrogens (tertiary/aromatic N) is 1. The van der Waals surface area contributed by atoms with Crippen LogP contribution in [0, 0.1) is 47.0 Å². The molecule has 5 aliphatic carbocycles. The van der Waals surface area contributed by atoms with E-state index in [9.17, 15) is 9.36 Å². The van der Waals surface area contributed by atoms with Gasteiger partial charge in [0.1, 0.15) is 6.10 Å². The van der Waals surface area contributed by atoms with E-state index in [1.165, 1.54) is 39.0 Å². The van der Waals surface area contributed by atoms with Gasteiger partial charge in [0, 0.05) is 19.8 Å². The first-order chi connectivity index (χ1) is 17.2. The van der Waals surface area contributed by atoms with Gasteiger partial charge < -0.3 is 13.8 Å². The van der Waals surface area contributed by atoms with E-state index >= 15 is 0 Å². The Balaban J connectivity index is 1.42. The van der Waals surface area contributed by atoms with Crippen LogP contribution in [-0.2, 0) is 23.1 Å². The summed E-state index contributed by atoms with van der Waals surface area (Å²) in [6.45, 7) is 16.7. The SMILES string of the molecule is [C-]#[N+]C1(P(=O)(OCC)OCC)CC[C@H]2CCC3C4CC[C@H]5C[C@H](OC(C)=O)CC[C@]5(C)C4CC[C@@]32C1. The molecule has 5 aliphatic rings. The van der Waals surface area contributed by atoms with Crippen LogP contribution in [0.5, 0.6) is 0 Å². The third-order valence-electron chi connectivity index (χ3n) is 11.7. The van der Waals surface area contributed by atoms with Crippen LogP contribution < -0.4 is 0 Å². The highest BCUT2D eigenvalue weighted by Gasteiger charge is 2.71. The van der Waals surface area contributed by atoms with Crippen molar-refractivity contribution in [3.63, 3.8) is 0 Å². The highest BCUT2D eigenvalue weighted by atomic mass is 31.2. The van der Waals surface area contributed by atoms with Crippen LogP contribution in [0.2, 0.25) is 0 Å². The quantitative estimate of drug-likeness (QED) is 0.205. The Hall–Kier alpha value is -0.890. The minimum absolute atomic E-state index is 0.0896. The van der Waals surface area contributed by atoms with Gasteiger partial charge in [-0.2, -0.15) is 0 Å². The summed E-state index contributed by atoms with van der Waals surface area (Å²) < 4.78 is 31.5. The predicted octanol–water partition coefficient (Wildman–Crippen LogP) is 7.62. The summed E-state index contributed by atoms with van der Waals surface area (Å²) in [5.41, 5.74) is 0.419. The first kappa shape index (κ1) is 26.7. The molecule has 0 bridgehead atoms. The molecule has 0 radical (unpaired) electrons. The molecular weight excluding hydrogens is 473 g/mol. The molecule has 0 aromatic heterocycles. The molecule has 1 spiro atoms. The number of fused-ring (bicyclic) bond motifs is 4. The summed E-state index contributed by atoms with van der Waals surface area (Å²) in [7, 11) is -3.53. The van der Waals surface area contributed by atoms with Crippen LogP contribution in [0.25, 0.3) is 4.85 Å². The molecule has 0 aromatic carbocycles. The van der Waals surface area contributed by atoms with Crippen molar-refractivity contribution in [1.82, 2.24) is 0 Å². The first-order valence-corrected chi connectivity index (χ1v) is 16.2. The Labute approximate surface area is 217 Å². The van der Waals surface area contributed by atoms with Crippen LogP contribution >= 0.6 is 7.60 Å². The van der Waals surface area contributed by atoms with Crippen LogP contribution in [-0.4, -0.2) is 30.6 Å². The van der Waals surface area contributed by atoms with Crippen LogP contribution in [0.3, 0.4) is 0 Å². The lowest BCUT2D eigenvalue weighted by Gasteiger charge is -2.62. The van der Waals surface area contributed by atoms with E-state index in [1.807, 2.05) is 13.8 Å². The Morgan fingerprint density at radius 2 is 1.67 bits per heavy atom. The monoisotopic (exact) mass is 519 g/mol. The number of carbonyl (C=O) groups excluding carboxylic acids is 1. The number of rotatable bonds is 6. The lowest BCUT2D eigenvalue weighted by Crippen LogP contribution is -2.56. The van der Waals surface area contributed by atoms with E-state index in [2.05, 4.69) is 11.8 Å². The van der Waals surface area contributed by atoms with Crippen LogP contribution in [0.4, 0.5) is 0 Å². The Bertz CT molecular complexity index is 938. The van der Waals surface area contributed by atoms with E-state index in [-0.39, 0.29) is 17.5 Å². The van der Waals surface area contributed by atoms with Gasteiger partial charge in [0.25, 0.3) is 0 Å². The number of esters is 1. The fourth-order valence-corrected chi connectivity index (χ4v) is 12.6. The summed E-state index contributed by atoms with van der Waals surface area (Å²) in [6, 6.07) is 0. The maximum atomic E-state index is 14.1. The first-order valence-electron chi connectivity index (χ1n) is 14.6. The molecule has 0 aromatic rings. The molecule has 7 heteroatoms. The second-order valence-corrected chi connectivity index (χ2v) is 15.2. The topological polar surface area (TPSA) is 66.2 Å². The summed E-state index contributed by atoms with van der Waals surface area (Å²) in [5.74, 6) is 3.14. The summed E-state index contributed by atoms with van der Waals surface area (Å²) in [6.07, 6.45) is 12.9. The molecule has 5 fully saturated rings. The zero-order valence-electron chi connectivity index (χ0n) is 22.8. The lowest BCUT2D eigenvalue weighted by molar-refractivity contribution is -0.162. The van der Waals surface area contributed by atoms with Crippen molar-refractivity contribution in [3.8, 4) is 0 Å². The van der Waals surface area contributed by atoms with E-state index < -0.39 is 12.9 Å². The molecule has 5 rings (SSSR count). The second kappa shape index (κ2) is 9.69. The van der Waals surface area contributed by atoms with Gasteiger partial charge in [-0.05, 0) is 118 Å². The third kappa shape index (κ3) is 3.94. The zero-order chi connectivity index (χ0) is 25.8. The predicted molar refractivity (Wildman–Crippen MR) is 139 cm³/mol. The molecule has 0 N–H and O–H groups in total.